The highest BCUT2D eigenvalue weighted by Crippen LogP contribution is 2.46. The van der Waals surface area contributed by atoms with Crippen molar-refractivity contribution in [3.8, 4) is 17.2 Å². The molecule has 1 aromatic rings. The summed E-state index contributed by atoms with van der Waals surface area (Å²) in [4.78, 5) is -0.245. The SMILES string of the molecule is N#CSc1c(F)cc(C#CC2CCC(C3CCC(C4CCC4)CC3)CC2)cc1F. The van der Waals surface area contributed by atoms with Crippen molar-refractivity contribution in [1.29, 1.82) is 5.26 Å². The van der Waals surface area contributed by atoms with Crippen molar-refractivity contribution < 1.29 is 8.78 Å². The van der Waals surface area contributed by atoms with Gasteiger partial charge >= 0.3 is 0 Å². The van der Waals surface area contributed by atoms with Gasteiger partial charge in [-0.15, -0.1) is 0 Å². The number of nitrogens with zero attached hydrogens (tertiary/aromatic N) is 1. The summed E-state index contributed by atoms with van der Waals surface area (Å²) in [5, 5.41) is 10.3. The first kappa shape index (κ1) is 20.7. The van der Waals surface area contributed by atoms with Crippen LogP contribution in [0.15, 0.2) is 17.0 Å². The maximum Gasteiger partial charge on any atom is 0.142 e. The molecule has 0 heterocycles. The molecule has 0 spiro atoms. The first-order valence-electron chi connectivity index (χ1n) is 11.2. The van der Waals surface area contributed by atoms with Crippen molar-refractivity contribution in [3.63, 3.8) is 0 Å². The van der Waals surface area contributed by atoms with E-state index in [1.54, 1.807) is 5.40 Å². The molecular weight excluding hydrogens is 384 g/mol. The molecule has 3 aliphatic rings. The van der Waals surface area contributed by atoms with E-state index < -0.39 is 11.6 Å². The summed E-state index contributed by atoms with van der Waals surface area (Å²) in [5.74, 6) is 8.96. The van der Waals surface area contributed by atoms with E-state index in [2.05, 4.69) is 11.8 Å². The summed E-state index contributed by atoms with van der Waals surface area (Å²) in [5.41, 5.74) is 0.360. The van der Waals surface area contributed by atoms with E-state index in [-0.39, 0.29) is 4.90 Å². The van der Waals surface area contributed by atoms with Crippen molar-refractivity contribution >= 4 is 11.8 Å². The van der Waals surface area contributed by atoms with Crippen LogP contribution in [0.3, 0.4) is 0 Å². The Kier molecular flexibility index (Phi) is 6.81. The van der Waals surface area contributed by atoms with Gasteiger partial charge in [-0.1, -0.05) is 31.1 Å². The smallest absolute Gasteiger partial charge is 0.142 e. The van der Waals surface area contributed by atoms with Gasteiger partial charge in [0.1, 0.15) is 17.0 Å². The summed E-state index contributed by atoms with van der Waals surface area (Å²) < 4.78 is 27.9. The second-order valence-corrected chi connectivity index (χ2v) is 10.0. The molecule has 3 aliphatic carbocycles. The van der Waals surface area contributed by atoms with Gasteiger partial charge in [0.15, 0.2) is 0 Å². The largest absolute Gasteiger partial charge is 0.206 e. The molecule has 0 radical (unpaired) electrons. The predicted octanol–water partition coefficient (Wildman–Crippen LogP) is 7.30. The van der Waals surface area contributed by atoms with Crippen molar-refractivity contribution in [2.24, 2.45) is 29.6 Å². The first-order chi connectivity index (χ1) is 14.1. The number of halogens is 2. The van der Waals surface area contributed by atoms with Gasteiger partial charge in [0.05, 0.1) is 4.90 Å². The summed E-state index contributed by atoms with van der Waals surface area (Å²) in [6.07, 6.45) is 14.9. The molecule has 3 saturated carbocycles. The van der Waals surface area contributed by atoms with Gasteiger partial charge in [0.2, 0.25) is 0 Å². The third-order valence-corrected chi connectivity index (χ3v) is 8.32. The standard InChI is InChI=1S/C25H29F2NS/c26-23-14-18(15-24(27)25(23)29-16-28)5-4-17-6-8-20(9-7-17)22-12-10-21(11-13-22)19-2-1-3-19/h14-15,17,19-22H,1-3,6-13H2. The van der Waals surface area contributed by atoms with Gasteiger partial charge in [-0.25, -0.2) is 8.78 Å². The fourth-order valence-corrected chi connectivity index (χ4v) is 6.10. The third-order valence-electron chi connectivity index (χ3n) is 7.64. The van der Waals surface area contributed by atoms with Crippen LogP contribution in [0.2, 0.25) is 0 Å². The maximum atomic E-state index is 13.9. The second kappa shape index (κ2) is 9.53. The Morgan fingerprint density at radius 2 is 1.24 bits per heavy atom. The third kappa shape index (κ3) is 4.97. The first-order valence-corrected chi connectivity index (χ1v) is 12.0. The summed E-state index contributed by atoms with van der Waals surface area (Å²) in [6, 6.07) is 2.48. The lowest BCUT2D eigenvalue weighted by Gasteiger charge is -2.41. The fourth-order valence-electron chi connectivity index (χ4n) is 5.69. The number of benzene rings is 1. The van der Waals surface area contributed by atoms with E-state index in [1.807, 2.05) is 0 Å². The minimum atomic E-state index is -0.706. The van der Waals surface area contributed by atoms with Crippen molar-refractivity contribution in [1.82, 2.24) is 0 Å². The van der Waals surface area contributed by atoms with Crippen LogP contribution in [-0.2, 0) is 0 Å². The van der Waals surface area contributed by atoms with E-state index in [4.69, 9.17) is 5.26 Å². The highest BCUT2D eigenvalue weighted by molar-refractivity contribution is 8.03. The van der Waals surface area contributed by atoms with Gasteiger partial charge in [0, 0.05) is 11.5 Å². The molecule has 4 rings (SSSR count). The van der Waals surface area contributed by atoms with E-state index in [1.165, 1.54) is 69.9 Å². The number of thioether (sulfide) groups is 1. The Balaban J connectivity index is 1.27. The van der Waals surface area contributed by atoms with Crippen LogP contribution in [0.5, 0.6) is 0 Å². The number of thiocyanates is 1. The van der Waals surface area contributed by atoms with Crippen LogP contribution in [0, 0.1) is 63.7 Å². The zero-order valence-electron chi connectivity index (χ0n) is 16.9. The van der Waals surface area contributed by atoms with Crippen LogP contribution in [0.4, 0.5) is 8.78 Å². The zero-order valence-corrected chi connectivity index (χ0v) is 17.7. The number of nitriles is 1. The molecule has 0 aliphatic heterocycles. The molecule has 154 valence electrons. The molecule has 1 nitrogen and oxygen atoms in total. The Hall–Kier alpha value is -1.52. The monoisotopic (exact) mass is 413 g/mol. The van der Waals surface area contributed by atoms with Crippen LogP contribution in [0.25, 0.3) is 0 Å². The number of rotatable bonds is 3. The molecular formula is C25H29F2NS. The molecule has 0 atom stereocenters. The molecule has 4 heteroatoms. The minimum absolute atomic E-state index is 0.245. The van der Waals surface area contributed by atoms with Crippen molar-refractivity contribution in [2.45, 2.75) is 75.5 Å². The summed E-state index contributed by atoms with van der Waals surface area (Å²) in [7, 11) is 0. The predicted molar refractivity (Wildman–Crippen MR) is 113 cm³/mol. The van der Waals surface area contributed by atoms with Gasteiger partial charge < -0.3 is 0 Å². The fraction of sp³-hybridized carbons (Fsp3) is 0.640. The van der Waals surface area contributed by atoms with Crippen molar-refractivity contribution in [3.05, 3.63) is 29.3 Å². The van der Waals surface area contributed by atoms with Gasteiger partial charge in [-0.2, -0.15) is 5.26 Å². The molecule has 0 amide bonds. The van der Waals surface area contributed by atoms with E-state index in [0.717, 1.165) is 36.5 Å². The van der Waals surface area contributed by atoms with Crippen molar-refractivity contribution in [2.75, 3.05) is 0 Å². The average molecular weight is 414 g/mol. The maximum absolute atomic E-state index is 13.9. The molecule has 3 fully saturated rings. The normalized spacial score (nSPS) is 30.0. The quantitative estimate of drug-likeness (QED) is 0.295. The second-order valence-electron chi connectivity index (χ2n) is 9.21. The van der Waals surface area contributed by atoms with Gasteiger partial charge in [0.25, 0.3) is 0 Å². The summed E-state index contributed by atoms with van der Waals surface area (Å²) >= 11 is 0.510. The lowest BCUT2D eigenvalue weighted by molar-refractivity contribution is 0.102. The summed E-state index contributed by atoms with van der Waals surface area (Å²) in [6.45, 7) is 0. The number of hydrogen-bond donors (Lipinski definition) is 0. The molecule has 0 saturated heterocycles. The average Bonchev–Trinajstić information content (AvgIpc) is 2.69. The lowest BCUT2D eigenvalue weighted by atomic mass is 9.64. The van der Waals surface area contributed by atoms with Crippen LogP contribution >= 0.6 is 11.8 Å². The molecule has 29 heavy (non-hydrogen) atoms. The molecule has 0 unspecified atom stereocenters. The highest BCUT2D eigenvalue weighted by atomic mass is 32.2. The molecule has 1 aromatic carbocycles. The van der Waals surface area contributed by atoms with E-state index in [9.17, 15) is 8.78 Å². The Morgan fingerprint density at radius 1 is 0.759 bits per heavy atom. The van der Waals surface area contributed by atoms with E-state index >= 15 is 0 Å². The van der Waals surface area contributed by atoms with Crippen LogP contribution < -0.4 is 0 Å². The Bertz CT molecular complexity index is 790. The molecule has 0 N–H and O–H groups in total. The topological polar surface area (TPSA) is 23.8 Å². The van der Waals surface area contributed by atoms with Crippen LogP contribution in [-0.4, -0.2) is 0 Å². The van der Waals surface area contributed by atoms with E-state index in [0.29, 0.717) is 23.2 Å². The highest BCUT2D eigenvalue weighted by Gasteiger charge is 2.34. The number of hydrogen-bond acceptors (Lipinski definition) is 2. The van der Waals surface area contributed by atoms with Gasteiger partial charge in [-0.05, 0) is 98.9 Å². The Labute approximate surface area is 177 Å². The molecule has 0 bridgehead atoms. The molecule has 0 aromatic heterocycles. The van der Waals surface area contributed by atoms with Crippen LogP contribution in [0.1, 0.15) is 76.2 Å². The van der Waals surface area contributed by atoms with Gasteiger partial charge in [-0.3, -0.25) is 0 Å². The zero-order chi connectivity index (χ0) is 20.2. The Morgan fingerprint density at radius 3 is 1.69 bits per heavy atom. The minimum Gasteiger partial charge on any atom is -0.206 e. The lowest BCUT2D eigenvalue weighted by Crippen LogP contribution is -2.30.